The van der Waals surface area contributed by atoms with Crippen LogP contribution in [0.2, 0.25) is 0 Å². The molecule has 0 saturated heterocycles. The van der Waals surface area contributed by atoms with E-state index in [-0.39, 0.29) is 11.8 Å². The van der Waals surface area contributed by atoms with Crippen molar-refractivity contribution in [1.82, 2.24) is 4.90 Å². The van der Waals surface area contributed by atoms with Gasteiger partial charge in [-0.1, -0.05) is 37.8 Å². The van der Waals surface area contributed by atoms with Crippen molar-refractivity contribution in [2.24, 2.45) is 0 Å². The maximum atomic E-state index is 12.7. The first kappa shape index (κ1) is 19.2. The Morgan fingerprint density at radius 1 is 1.19 bits per heavy atom. The molecule has 2 aromatic rings. The third kappa shape index (κ3) is 5.48. The molecule has 26 heavy (non-hydrogen) atoms. The Balaban J connectivity index is 2.06. The first-order chi connectivity index (χ1) is 12.5. The Labute approximate surface area is 154 Å². The van der Waals surface area contributed by atoms with E-state index >= 15 is 0 Å². The molecule has 0 spiro atoms. The van der Waals surface area contributed by atoms with Gasteiger partial charge in [0.05, 0.1) is 0 Å². The van der Waals surface area contributed by atoms with Crippen molar-refractivity contribution < 1.29 is 14.3 Å². The van der Waals surface area contributed by atoms with Crippen LogP contribution in [0.5, 0.6) is 5.75 Å². The van der Waals surface area contributed by atoms with Gasteiger partial charge in [-0.15, -0.1) is 0 Å². The summed E-state index contributed by atoms with van der Waals surface area (Å²) in [7, 11) is 1.75. The quantitative estimate of drug-likeness (QED) is 0.734. The van der Waals surface area contributed by atoms with Crippen molar-refractivity contribution in [2.75, 3.05) is 19.0 Å². The summed E-state index contributed by atoms with van der Waals surface area (Å²) < 4.78 is 5.52. The minimum Gasteiger partial charge on any atom is -0.490 e. The van der Waals surface area contributed by atoms with E-state index < -0.39 is 0 Å². The van der Waals surface area contributed by atoms with Crippen molar-refractivity contribution >= 4 is 17.5 Å². The lowest BCUT2D eigenvalue weighted by molar-refractivity contribution is -0.115. The van der Waals surface area contributed by atoms with Crippen LogP contribution >= 0.6 is 0 Å². The van der Waals surface area contributed by atoms with Crippen LogP contribution in [-0.2, 0) is 11.3 Å². The van der Waals surface area contributed by atoms with Crippen molar-refractivity contribution in [3.05, 3.63) is 72.3 Å². The highest BCUT2D eigenvalue weighted by Crippen LogP contribution is 2.17. The van der Waals surface area contributed by atoms with Crippen LogP contribution in [0.15, 0.2) is 61.2 Å². The Morgan fingerprint density at radius 3 is 2.69 bits per heavy atom. The fourth-order valence-electron chi connectivity index (χ4n) is 2.43. The monoisotopic (exact) mass is 352 g/mol. The smallest absolute Gasteiger partial charge is 0.253 e. The first-order valence-corrected chi connectivity index (χ1v) is 8.51. The zero-order chi connectivity index (χ0) is 18.9. The number of anilines is 1. The fraction of sp³-hybridized carbons (Fsp3) is 0.238. The second-order valence-corrected chi connectivity index (χ2v) is 5.89. The van der Waals surface area contributed by atoms with Crippen LogP contribution in [0.4, 0.5) is 5.69 Å². The second kappa shape index (κ2) is 9.42. The lowest BCUT2D eigenvalue weighted by Crippen LogP contribution is -2.26. The van der Waals surface area contributed by atoms with Gasteiger partial charge in [-0.05, 0) is 35.9 Å². The molecule has 0 aliphatic carbocycles. The predicted molar refractivity (Wildman–Crippen MR) is 103 cm³/mol. The summed E-state index contributed by atoms with van der Waals surface area (Å²) in [5.74, 6) is 0.543. The average molecular weight is 352 g/mol. The zero-order valence-corrected chi connectivity index (χ0v) is 15.2. The predicted octanol–water partition coefficient (Wildman–Crippen LogP) is 3.87. The van der Waals surface area contributed by atoms with Gasteiger partial charge >= 0.3 is 0 Å². The van der Waals surface area contributed by atoms with Crippen molar-refractivity contribution in [1.29, 1.82) is 0 Å². The van der Waals surface area contributed by atoms with Gasteiger partial charge < -0.3 is 15.0 Å². The van der Waals surface area contributed by atoms with E-state index in [0.29, 0.717) is 30.8 Å². The molecule has 0 aliphatic rings. The van der Waals surface area contributed by atoms with E-state index in [0.717, 1.165) is 11.3 Å². The molecule has 0 aromatic heterocycles. The molecule has 0 radical (unpaired) electrons. The Morgan fingerprint density at radius 2 is 1.96 bits per heavy atom. The standard InChI is InChI=1S/C21H24N2O3/c1-4-12-26-19-11-6-8-16(13-19)15-23(3)21(25)17-9-7-10-18(14-17)22-20(24)5-2/h4,6-11,13-14H,1,5,12,15H2,2-3H3,(H,22,24). The van der Waals surface area contributed by atoms with Gasteiger partial charge in [0.1, 0.15) is 12.4 Å². The lowest BCUT2D eigenvalue weighted by Gasteiger charge is -2.18. The molecule has 0 atom stereocenters. The number of amides is 2. The van der Waals surface area contributed by atoms with Crippen LogP contribution in [0.25, 0.3) is 0 Å². The maximum absolute atomic E-state index is 12.7. The summed E-state index contributed by atoms with van der Waals surface area (Å²) in [5, 5.41) is 2.77. The van der Waals surface area contributed by atoms with Crippen LogP contribution in [0.1, 0.15) is 29.3 Å². The van der Waals surface area contributed by atoms with E-state index in [4.69, 9.17) is 4.74 Å². The molecular weight excluding hydrogens is 328 g/mol. The highest BCUT2D eigenvalue weighted by atomic mass is 16.5. The molecule has 2 rings (SSSR count). The number of benzene rings is 2. The number of nitrogens with one attached hydrogen (secondary N) is 1. The molecule has 0 aliphatic heterocycles. The van der Waals surface area contributed by atoms with Gasteiger partial charge in [0, 0.05) is 31.3 Å². The Bertz CT molecular complexity index is 786. The number of nitrogens with zero attached hydrogens (tertiary/aromatic N) is 1. The fourth-order valence-corrected chi connectivity index (χ4v) is 2.43. The van der Waals surface area contributed by atoms with E-state index in [1.165, 1.54) is 0 Å². The third-order valence-corrected chi connectivity index (χ3v) is 3.75. The normalized spacial score (nSPS) is 10.1. The van der Waals surface area contributed by atoms with Crippen LogP contribution < -0.4 is 10.1 Å². The summed E-state index contributed by atoms with van der Waals surface area (Å²) in [4.78, 5) is 25.8. The summed E-state index contributed by atoms with van der Waals surface area (Å²) in [6.07, 6.45) is 2.08. The van der Waals surface area contributed by atoms with Crippen molar-refractivity contribution in [3.8, 4) is 5.75 Å². The molecule has 1 N–H and O–H groups in total. The molecule has 0 unspecified atom stereocenters. The van der Waals surface area contributed by atoms with E-state index in [1.54, 1.807) is 49.2 Å². The van der Waals surface area contributed by atoms with Gasteiger partial charge in [0.15, 0.2) is 0 Å². The van der Waals surface area contributed by atoms with Gasteiger partial charge in [0.25, 0.3) is 5.91 Å². The molecule has 5 nitrogen and oxygen atoms in total. The minimum absolute atomic E-state index is 0.0840. The highest BCUT2D eigenvalue weighted by Gasteiger charge is 2.13. The molecular formula is C21H24N2O3. The number of carbonyl (C=O) groups excluding carboxylic acids is 2. The SMILES string of the molecule is C=CCOc1cccc(CN(C)C(=O)c2cccc(NC(=O)CC)c2)c1. The van der Waals surface area contributed by atoms with Crippen LogP contribution in [0.3, 0.4) is 0 Å². The molecule has 0 saturated carbocycles. The topological polar surface area (TPSA) is 58.6 Å². The summed E-state index contributed by atoms with van der Waals surface area (Å²) >= 11 is 0. The Kier molecular flexibility index (Phi) is 6.97. The average Bonchev–Trinajstić information content (AvgIpc) is 2.66. The Hall–Kier alpha value is -3.08. The number of carbonyl (C=O) groups is 2. The van der Waals surface area contributed by atoms with Crippen molar-refractivity contribution in [2.45, 2.75) is 19.9 Å². The van der Waals surface area contributed by atoms with E-state index in [2.05, 4.69) is 11.9 Å². The largest absolute Gasteiger partial charge is 0.490 e. The minimum atomic E-state index is -0.116. The van der Waals surface area contributed by atoms with Gasteiger partial charge in [-0.25, -0.2) is 0 Å². The number of hydrogen-bond acceptors (Lipinski definition) is 3. The van der Waals surface area contributed by atoms with Gasteiger partial charge in [-0.3, -0.25) is 9.59 Å². The van der Waals surface area contributed by atoms with E-state index in [1.807, 2.05) is 24.3 Å². The van der Waals surface area contributed by atoms with Gasteiger partial charge in [-0.2, -0.15) is 0 Å². The number of hydrogen-bond donors (Lipinski definition) is 1. The summed E-state index contributed by atoms with van der Waals surface area (Å²) in [6, 6.07) is 14.6. The highest BCUT2D eigenvalue weighted by molar-refractivity contribution is 5.97. The lowest BCUT2D eigenvalue weighted by atomic mass is 10.1. The number of ether oxygens (including phenoxy) is 1. The summed E-state index contributed by atoms with van der Waals surface area (Å²) in [5.41, 5.74) is 2.12. The number of rotatable bonds is 8. The van der Waals surface area contributed by atoms with Crippen molar-refractivity contribution in [3.63, 3.8) is 0 Å². The molecule has 2 aromatic carbocycles. The molecule has 0 heterocycles. The van der Waals surface area contributed by atoms with E-state index in [9.17, 15) is 9.59 Å². The van der Waals surface area contributed by atoms with Crippen LogP contribution in [-0.4, -0.2) is 30.4 Å². The molecule has 2 amide bonds. The second-order valence-electron chi connectivity index (χ2n) is 5.89. The maximum Gasteiger partial charge on any atom is 0.253 e. The molecule has 0 fully saturated rings. The zero-order valence-electron chi connectivity index (χ0n) is 15.2. The molecule has 5 heteroatoms. The van der Waals surface area contributed by atoms with Gasteiger partial charge in [0.2, 0.25) is 5.91 Å². The summed E-state index contributed by atoms with van der Waals surface area (Å²) in [6.45, 7) is 6.31. The molecule has 136 valence electrons. The third-order valence-electron chi connectivity index (χ3n) is 3.75. The molecule has 0 bridgehead atoms. The first-order valence-electron chi connectivity index (χ1n) is 8.51. The van der Waals surface area contributed by atoms with Crippen LogP contribution in [0, 0.1) is 0 Å².